The number of rotatable bonds is 5. The molecule has 2 N–H and O–H groups in total. The first-order valence-electron chi connectivity index (χ1n) is 10.9. The third-order valence-corrected chi connectivity index (χ3v) is 5.21. The van der Waals surface area contributed by atoms with Gasteiger partial charge in [0.2, 0.25) is 0 Å². The van der Waals surface area contributed by atoms with Gasteiger partial charge in [-0.25, -0.2) is 0 Å². The quantitative estimate of drug-likeness (QED) is 0.695. The summed E-state index contributed by atoms with van der Waals surface area (Å²) in [6, 6.07) is 15.5. The maximum atomic E-state index is 12.5. The maximum absolute atomic E-state index is 12.5. The molecule has 0 saturated carbocycles. The summed E-state index contributed by atoms with van der Waals surface area (Å²) in [4.78, 5) is 14.9. The SMILES string of the molecule is CNC.O=C(Nc1ccc(N2CCCC2)cc1)c1ccc(OC2C=CCCC2)cc1. The predicted molar refractivity (Wildman–Crippen MR) is 125 cm³/mol. The lowest BCUT2D eigenvalue weighted by Gasteiger charge is -2.18. The van der Waals surface area contributed by atoms with E-state index in [-0.39, 0.29) is 12.0 Å². The third kappa shape index (κ3) is 6.36. The van der Waals surface area contributed by atoms with E-state index in [0.717, 1.165) is 43.8 Å². The molecule has 1 fully saturated rings. The van der Waals surface area contributed by atoms with Gasteiger partial charge < -0.3 is 20.3 Å². The average Bonchev–Trinajstić information content (AvgIpc) is 3.31. The topological polar surface area (TPSA) is 53.6 Å². The number of hydrogen-bond donors (Lipinski definition) is 2. The smallest absolute Gasteiger partial charge is 0.255 e. The van der Waals surface area contributed by atoms with Gasteiger partial charge in [-0.2, -0.15) is 0 Å². The highest BCUT2D eigenvalue weighted by Gasteiger charge is 2.13. The molecule has 1 saturated heterocycles. The summed E-state index contributed by atoms with van der Waals surface area (Å²) < 4.78 is 5.95. The van der Waals surface area contributed by atoms with Crippen molar-refractivity contribution in [3.05, 3.63) is 66.2 Å². The van der Waals surface area contributed by atoms with Gasteiger partial charge in [0.05, 0.1) is 0 Å². The van der Waals surface area contributed by atoms with Crippen LogP contribution in [-0.2, 0) is 0 Å². The molecule has 0 spiro atoms. The Balaban J connectivity index is 0.000000806. The first-order valence-corrected chi connectivity index (χ1v) is 10.9. The molecule has 2 aliphatic rings. The molecule has 1 aliphatic heterocycles. The molecular formula is C25H33N3O2. The Bertz CT molecular complexity index is 809. The molecule has 2 aromatic rings. The number of benzene rings is 2. The fourth-order valence-corrected chi connectivity index (χ4v) is 3.67. The highest BCUT2D eigenvalue weighted by molar-refractivity contribution is 6.04. The lowest BCUT2D eigenvalue weighted by atomic mass is 10.1. The zero-order valence-electron chi connectivity index (χ0n) is 18.1. The van der Waals surface area contributed by atoms with Gasteiger partial charge in [-0.15, -0.1) is 0 Å². The monoisotopic (exact) mass is 407 g/mol. The van der Waals surface area contributed by atoms with E-state index in [2.05, 4.69) is 39.8 Å². The number of carbonyl (C=O) groups excluding carboxylic acids is 1. The number of anilines is 2. The minimum absolute atomic E-state index is 0.104. The van der Waals surface area contributed by atoms with Crippen LogP contribution in [0.2, 0.25) is 0 Å². The number of nitrogens with one attached hydrogen (secondary N) is 2. The Morgan fingerprint density at radius 2 is 1.63 bits per heavy atom. The van der Waals surface area contributed by atoms with Gasteiger partial charge in [0, 0.05) is 30.0 Å². The number of allylic oxidation sites excluding steroid dienone is 1. The Kier molecular flexibility index (Phi) is 8.33. The maximum Gasteiger partial charge on any atom is 0.255 e. The molecular weight excluding hydrogens is 374 g/mol. The summed E-state index contributed by atoms with van der Waals surface area (Å²) in [6.07, 6.45) is 10.3. The van der Waals surface area contributed by atoms with Gasteiger partial charge in [-0.3, -0.25) is 4.79 Å². The van der Waals surface area contributed by atoms with Crippen LogP contribution in [0.1, 0.15) is 42.5 Å². The molecule has 1 unspecified atom stereocenters. The second-order valence-electron chi connectivity index (χ2n) is 7.73. The summed E-state index contributed by atoms with van der Waals surface area (Å²) in [5.74, 6) is 0.700. The molecule has 30 heavy (non-hydrogen) atoms. The van der Waals surface area contributed by atoms with Crippen LogP contribution in [0.3, 0.4) is 0 Å². The predicted octanol–water partition coefficient (Wildman–Crippen LogP) is 4.86. The Morgan fingerprint density at radius 1 is 0.967 bits per heavy atom. The first kappa shape index (κ1) is 21.9. The van der Waals surface area contributed by atoms with Crippen LogP contribution >= 0.6 is 0 Å². The van der Waals surface area contributed by atoms with Gasteiger partial charge in [-0.1, -0.05) is 6.08 Å². The van der Waals surface area contributed by atoms with Crippen molar-refractivity contribution >= 4 is 17.3 Å². The number of carbonyl (C=O) groups is 1. The van der Waals surface area contributed by atoms with Crippen molar-refractivity contribution in [2.75, 3.05) is 37.4 Å². The molecule has 1 aliphatic carbocycles. The molecule has 2 aromatic carbocycles. The summed E-state index contributed by atoms with van der Waals surface area (Å²) in [5, 5.41) is 5.72. The molecule has 0 radical (unpaired) electrons. The molecule has 4 rings (SSSR count). The molecule has 1 atom stereocenters. The molecule has 5 heteroatoms. The van der Waals surface area contributed by atoms with Crippen molar-refractivity contribution in [3.8, 4) is 5.75 Å². The van der Waals surface area contributed by atoms with Crippen LogP contribution in [0.15, 0.2) is 60.7 Å². The minimum atomic E-state index is -0.104. The first-order chi connectivity index (χ1) is 14.7. The highest BCUT2D eigenvalue weighted by atomic mass is 16.5. The molecule has 1 heterocycles. The van der Waals surface area contributed by atoms with Gasteiger partial charge in [-0.05, 0) is 101 Å². The van der Waals surface area contributed by atoms with Gasteiger partial charge in [0.15, 0.2) is 0 Å². The van der Waals surface area contributed by atoms with E-state index in [1.54, 1.807) is 0 Å². The van der Waals surface area contributed by atoms with Crippen LogP contribution in [-0.4, -0.2) is 39.2 Å². The van der Waals surface area contributed by atoms with E-state index < -0.39 is 0 Å². The average molecular weight is 408 g/mol. The number of hydrogen-bond acceptors (Lipinski definition) is 4. The zero-order valence-corrected chi connectivity index (χ0v) is 18.1. The van der Waals surface area contributed by atoms with E-state index in [1.165, 1.54) is 18.5 Å². The Morgan fingerprint density at radius 3 is 2.23 bits per heavy atom. The van der Waals surface area contributed by atoms with Crippen LogP contribution in [0, 0.1) is 0 Å². The molecule has 1 amide bonds. The summed E-state index contributed by atoms with van der Waals surface area (Å²) in [7, 11) is 3.75. The number of nitrogens with zero attached hydrogens (tertiary/aromatic N) is 1. The van der Waals surface area contributed by atoms with Crippen LogP contribution in [0.25, 0.3) is 0 Å². The van der Waals surface area contributed by atoms with E-state index >= 15 is 0 Å². The van der Waals surface area contributed by atoms with Crippen molar-refractivity contribution in [3.63, 3.8) is 0 Å². The standard InChI is InChI=1S/C23H26N2O2.C2H7N/c26-23(24-19-10-12-20(13-11-19)25-16-4-5-17-25)18-8-14-22(15-9-18)27-21-6-2-1-3-7-21;1-3-2/h2,6,8-15,21H,1,3-5,7,16-17H2,(H,24,26);3H,1-2H3. The van der Waals surface area contributed by atoms with E-state index in [9.17, 15) is 4.79 Å². The Hall–Kier alpha value is -2.79. The van der Waals surface area contributed by atoms with Crippen molar-refractivity contribution < 1.29 is 9.53 Å². The van der Waals surface area contributed by atoms with Crippen molar-refractivity contribution in [1.29, 1.82) is 0 Å². The minimum Gasteiger partial charge on any atom is -0.486 e. The fourth-order valence-electron chi connectivity index (χ4n) is 3.67. The normalized spacial score (nSPS) is 17.8. The van der Waals surface area contributed by atoms with Gasteiger partial charge in [0.25, 0.3) is 5.91 Å². The second-order valence-corrected chi connectivity index (χ2v) is 7.73. The third-order valence-electron chi connectivity index (χ3n) is 5.21. The molecule has 0 aromatic heterocycles. The Labute approximate surface area is 180 Å². The van der Waals surface area contributed by atoms with Crippen LogP contribution in [0.4, 0.5) is 11.4 Å². The van der Waals surface area contributed by atoms with E-state index in [4.69, 9.17) is 4.74 Å². The van der Waals surface area contributed by atoms with Gasteiger partial charge in [0.1, 0.15) is 11.9 Å². The van der Waals surface area contributed by atoms with Crippen molar-refractivity contribution in [2.45, 2.75) is 38.2 Å². The second kappa shape index (κ2) is 11.4. The largest absolute Gasteiger partial charge is 0.486 e. The number of ether oxygens (including phenoxy) is 1. The molecule has 5 nitrogen and oxygen atoms in total. The van der Waals surface area contributed by atoms with E-state index in [0.29, 0.717) is 5.56 Å². The summed E-state index contributed by atoms with van der Waals surface area (Å²) in [5.41, 5.74) is 2.67. The van der Waals surface area contributed by atoms with Gasteiger partial charge >= 0.3 is 0 Å². The lowest BCUT2D eigenvalue weighted by molar-refractivity contribution is 0.102. The lowest BCUT2D eigenvalue weighted by Crippen LogP contribution is -2.17. The van der Waals surface area contributed by atoms with Crippen molar-refractivity contribution in [2.24, 2.45) is 0 Å². The van der Waals surface area contributed by atoms with Crippen molar-refractivity contribution in [1.82, 2.24) is 5.32 Å². The fraction of sp³-hybridized carbons (Fsp3) is 0.400. The van der Waals surface area contributed by atoms with Crippen LogP contribution in [0.5, 0.6) is 5.75 Å². The van der Waals surface area contributed by atoms with Crippen LogP contribution < -0.4 is 20.3 Å². The molecule has 0 bridgehead atoms. The number of amides is 1. The summed E-state index contributed by atoms with van der Waals surface area (Å²) in [6.45, 7) is 2.24. The zero-order chi connectivity index (χ0) is 21.2. The van der Waals surface area contributed by atoms with E-state index in [1.807, 2.05) is 50.5 Å². The highest BCUT2D eigenvalue weighted by Crippen LogP contribution is 2.23. The molecule has 160 valence electrons. The summed E-state index contributed by atoms with van der Waals surface area (Å²) >= 11 is 0.